The average molecular weight is 479 g/mol. The number of carbonyl (C=O) groups is 3. The van der Waals surface area contributed by atoms with Gasteiger partial charge in [-0.1, -0.05) is 12.1 Å². The van der Waals surface area contributed by atoms with E-state index in [0.717, 1.165) is 19.3 Å². The Hall–Kier alpha value is -3.75. The van der Waals surface area contributed by atoms with E-state index >= 15 is 0 Å². The summed E-state index contributed by atoms with van der Waals surface area (Å²) >= 11 is 0. The van der Waals surface area contributed by atoms with Crippen LogP contribution in [0.2, 0.25) is 0 Å². The summed E-state index contributed by atoms with van der Waals surface area (Å²) in [6.07, 6.45) is 7.38. The third kappa shape index (κ3) is 5.34. The highest BCUT2D eigenvalue weighted by Gasteiger charge is 2.42. The number of amides is 2. The minimum atomic E-state index is -0.0659. The topological polar surface area (TPSA) is 102 Å². The maximum atomic E-state index is 12.9. The maximum Gasteiger partial charge on any atom is 0.319 e. The van der Waals surface area contributed by atoms with Gasteiger partial charge in [-0.3, -0.25) is 14.4 Å². The van der Waals surface area contributed by atoms with Crippen LogP contribution in [0.3, 0.4) is 0 Å². The van der Waals surface area contributed by atoms with Gasteiger partial charge >= 0.3 is 6.01 Å². The Kier molecular flexibility index (Phi) is 7.14. The molecule has 0 aliphatic carbocycles. The van der Waals surface area contributed by atoms with E-state index in [4.69, 9.17) is 9.47 Å². The van der Waals surface area contributed by atoms with Crippen molar-refractivity contribution in [2.45, 2.75) is 26.2 Å². The van der Waals surface area contributed by atoms with E-state index in [1.807, 2.05) is 9.80 Å². The summed E-state index contributed by atoms with van der Waals surface area (Å²) in [6, 6.07) is 7.03. The molecule has 0 saturated carbocycles. The zero-order chi connectivity index (χ0) is 25.0. The Bertz CT molecular complexity index is 1140. The molecule has 1 aromatic heterocycles. The van der Waals surface area contributed by atoms with E-state index < -0.39 is 0 Å². The lowest BCUT2D eigenvalue weighted by atomic mass is 9.77. The molecular weight excluding hydrogens is 448 g/mol. The third-order valence-electron chi connectivity index (χ3n) is 6.94. The van der Waals surface area contributed by atoms with Crippen molar-refractivity contribution in [2.24, 2.45) is 5.41 Å². The predicted octanol–water partition coefficient (Wildman–Crippen LogP) is 2.86. The van der Waals surface area contributed by atoms with Crippen LogP contribution in [-0.2, 0) is 4.79 Å². The summed E-state index contributed by atoms with van der Waals surface area (Å²) in [7, 11) is 2.98. The Morgan fingerprint density at radius 3 is 2.17 bits per heavy atom. The fraction of sp³-hybridized carbons (Fsp3) is 0.423. The van der Waals surface area contributed by atoms with Gasteiger partial charge in [0.05, 0.1) is 19.8 Å². The van der Waals surface area contributed by atoms with E-state index in [1.54, 1.807) is 36.5 Å². The average Bonchev–Trinajstić information content (AvgIpc) is 3.30. The van der Waals surface area contributed by atoms with Crippen molar-refractivity contribution in [2.75, 3.05) is 40.4 Å². The summed E-state index contributed by atoms with van der Waals surface area (Å²) in [6.45, 7) is 4.20. The van der Waals surface area contributed by atoms with Gasteiger partial charge in [0.15, 0.2) is 5.78 Å². The monoisotopic (exact) mass is 478 g/mol. The van der Waals surface area contributed by atoms with Gasteiger partial charge in [-0.25, -0.2) is 4.98 Å². The van der Waals surface area contributed by atoms with Crippen molar-refractivity contribution in [3.63, 3.8) is 0 Å². The Balaban J connectivity index is 1.33. The molecule has 2 aromatic rings. The SMILES string of the molecule is COc1ncc(/C=C/C(=O)N2CCC3(CCN(C(=O)c4ccc(C(C)=O)cc4)CC3)C2)c(OC)n1. The Labute approximate surface area is 204 Å². The van der Waals surface area contributed by atoms with Crippen LogP contribution in [0.25, 0.3) is 6.08 Å². The number of hydrogen-bond donors (Lipinski definition) is 0. The molecule has 35 heavy (non-hydrogen) atoms. The van der Waals surface area contributed by atoms with Gasteiger partial charge in [-0.15, -0.1) is 0 Å². The lowest BCUT2D eigenvalue weighted by molar-refractivity contribution is -0.125. The van der Waals surface area contributed by atoms with Gasteiger partial charge in [0.25, 0.3) is 5.91 Å². The quantitative estimate of drug-likeness (QED) is 0.465. The summed E-state index contributed by atoms with van der Waals surface area (Å²) in [5.41, 5.74) is 1.83. The van der Waals surface area contributed by atoms with Crippen molar-refractivity contribution in [3.8, 4) is 11.9 Å². The summed E-state index contributed by atoms with van der Waals surface area (Å²) in [4.78, 5) is 49.2. The molecule has 0 radical (unpaired) electrons. The Morgan fingerprint density at radius 1 is 0.943 bits per heavy atom. The summed E-state index contributed by atoms with van der Waals surface area (Å²) in [5.74, 6) is 0.241. The van der Waals surface area contributed by atoms with Gasteiger partial charge < -0.3 is 19.3 Å². The lowest BCUT2D eigenvalue weighted by Crippen LogP contribution is -2.44. The van der Waals surface area contributed by atoms with Crippen LogP contribution in [-0.4, -0.2) is 77.8 Å². The number of hydrogen-bond acceptors (Lipinski definition) is 7. The van der Waals surface area contributed by atoms with Crippen LogP contribution in [0, 0.1) is 5.41 Å². The standard InChI is InChI=1S/C26H30N4O5/c1-18(31)19-4-6-20(7-5-19)24(33)29-13-10-26(11-14-29)12-15-30(17-26)22(32)9-8-21-16-27-25(35-3)28-23(21)34-2/h4-9,16H,10-15,17H2,1-3H3/b9-8+. The highest BCUT2D eigenvalue weighted by Crippen LogP contribution is 2.40. The number of rotatable bonds is 6. The molecule has 0 bridgehead atoms. The second-order valence-corrected chi connectivity index (χ2v) is 9.09. The first kappa shape index (κ1) is 24.4. The molecule has 2 aliphatic heterocycles. The van der Waals surface area contributed by atoms with Crippen LogP contribution >= 0.6 is 0 Å². The third-order valence-corrected chi connectivity index (χ3v) is 6.94. The molecule has 1 aromatic carbocycles. The van der Waals surface area contributed by atoms with Crippen LogP contribution in [0.15, 0.2) is 36.5 Å². The van der Waals surface area contributed by atoms with E-state index in [-0.39, 0.29) is 29.0 Å². The van der Waals surface area contributed by atoms with Gasteiger partial charge in [0, 0.05) is 49.6 Å². The van der Waals surface area contributed by atoms with Gasteiger partial charge in [-0.2, -0.15) is 4.98 Å². The van der Waals surface area contributed by atoms with Gasteiger partial charge in [0.1, 0.15) is 0 Å². The number of piperidine rings is 1. The molecule has 0 N–H and O–H groups in total. The van der Waals surface area contributed by atoms with Crippen molar-refractivity contribution >= 4 is 23.7 Å². The van der Waals surface area contributed by atoms with Gasteiger partial charge in [0.2, 0.25) is 11.8 Å². The molecule has 4 rings (SSSR count). The molecule has 184 valence electrons. The molecule has 9 nitrogen and oxygen atoms in total. The van der Waals surface area contributed by atoms with Crippen LogP contribution < -0.4 is 9.47 Å². The molecule has 0 unspecified atom stereocenters. The predicted molar refractivity (Wildman–Crippen MR) is 129 cm³/mol. The molecule has 2 saturated heterocycles. The number of Topliss-reactive ketones (excluding diaryl/α,β-unsaturated/α-hetero) is 1. The minimum absolute atomic E-state index is 0.0144. The Morgan fingerprint density at radius 2 is 1.57 bits per heavy atom. The second-order valence-electron chi connectivity index (χ2n) is 9.09. The van der Waals surface area contributed by atoms with Crippen molar-refractivity contribution in [1.29, 1.82) is 0 Å². The largest absolute Gasteiger partial charge is 0.480 e. The van der Waals surface area contributed by atoms with Gasteiger partial charge in [-0.05, 0) is 49.8 Å². The van der Waals surface area contributed by atoms with Crippen molar-refractivity contribution in [1.82, 2.24) is 19.8 Å². The van der Waals surface area contributed by atoms with E-state index in [2.05, 4.69) is 9.97 Å². The zero-order valence-corrected chi connectivity index (χ0v) is 20.3. The number of likely N-dealkylation sites (tertiary alicyclic amines) is 2. The van der Waals surface area contributed by atoms with Crippen molar-refractivity contribution < 1.29 is 23.9 Å². The molecule has 9 heteroatoms. The number of ether oxygens (including phenoxy) is 2. The summed E-state index contributed by atoms with van der Waals surface area (Å²) in [5, 5.41) is 0. The molecule has 2 aliphatic rings. The van der Waals surface area contributed by atoms with E-state index in [1.165, 1.54) is 27.2 Å². The molecular formula is C26H30N4O5. The first-order chi connectivity index (χ1) is 16.8. The maximum absolute atomic E-state index is 12.9. The molecule has 2 fully saturated rings. The first-order valence-electron chi connectivity index (χ1n) is 11.7. The fourth-order valence-electron chi connectivity index (χ4n) is 4.75. The molecule has 3 heterocycles. The molecule has 1 spiro atoms. The van der Waals surface area contributed by atoms with Crippen LogP contribution in [0.5, 0.6) is 11.9 Å². The number of methoxy groups -OCH3 is 2. The number of benzene rings is 1. The van der Waals surface area contributed by atoms with Crippen LogP contribution in [0.1, 0.15) is 52.5 Å². The smallest absolute Gasteiger partial charge is 0.319 e. The van der Waals surface area contributed by atoms with Crippen molar-refractivity contribution in [3.05, 3.63) is 53.2 Å². The lowest BCUT2D eigenvalue weighted by Gasteiger charge is -2.39. The zero-order valence-electron chi connectivity index (χ0n) is 20.3. The van der Waals surface area contributed by atoms with E-state index in [9.17, 15) is 14.4 Å². The normalized spacial score (nSPS) is 17.1. The van der Waals surface area contributed by atoms with Crippen LogP contribution in [0.4, 0.5) is 0 Å². The summed E-state index contributed by atoms with van der Waals surface area (Å²) < 4.78 is 10.3. The number of nitrogens with zero attached hydrogens (tertiary/aromatic N) is 4. The number of ketones is 1. The first-order valence-corrected chi connectivity index (χ1v) is 11.7. The molecule has 0 atom stereocenters. The fourth-order valence-corrected chi connectivity index (χ4v) is 4.75. The van der Waals surface area contributed by atoms with E-state index in [0.29, 0.717) is 48.7 Å². The number of aromatic nitrogens is 2. The highest BCUT2D eigenvalue weighted by molar-refractivity contribution is 5.97. The highest BCUT2D eigenvalue weighted by atomic mass is 16.5. The minimum Gasteiger partial charge on any atom is -0.480 e. The molecule has 2 amide bonds. The second kappa shape index (κ2) is 10.2. The number of carbonyl (C=O) groups excluding carboxylic acids is 3.